The van der Waals surface area contributed by atoms with Crippen LogP contribution in [0, 0.1) is 0 Å². The van der Waals surface area contributed by atoms with E-state index in [0.717, 1.165) is 5.56 Å². The molecule has 0 bridgehead atoms. The number of guanidine groups is 1. The van der Waals surface area contributed by atoms with E-state index in [0.29, 0.717) is 40.8 Å². The molecule has 0 aliphatic carbocycles. The van der Waals surface area contributed by atoms with Crippen LogP contribution in [-0.2, 0) is 6.54 Å². The Morgan fingerprint density at radius 1 is 1.06 bits per heavy atom. The van der Waals surface area contributed by atoms with Crippen molar-refractivity contribution in [2.24, 2.45) is 4.99 Å². The van der Waals surface area contributed by atoms with Crippen molar-refractivity contribution in [2.75, 3.05) is 26.3 Å². The first-order valence-corrected chi connectivity index (χ1v) is 9.79. The van der Waals surface area contributed by atoms with Crippen LogP contribution in [-0.4, -0.2) is 37.9 Å². The molecule has 0 saturated carbocycles. The SMILES string of the molecule is COc1cc(OC)cc(C(=O)NC(=NCc2cccnc2)Nc2ccc3c(c2)OCO3)c1. The molecule has 32 heavy (non-hydrogen) atoms. The maximum Gasteiger partial charge on any atom is 0.258 e. The van der Waals surface area contributed by atoms with Crippen molar-refractivity contribution in [3.8, 4) is 23.0 Å². The first-order valence-electron chi connectivity index (χ1n) is 9.79. The number of methoxy groups -OCH3 is 2. The van der Waals surface area contributed by atoms with E-state index in [1.807, 2.05) is 18.2 Å². The monoisotopic (exact) mass is 434 g/mol. The third-order valence-electron chi connectivity index (χ3n) is 4.62. The lowest BCUT2D eigenvalue weighted by Crippen LogP contribution is -2.36. The van der Waals surface area contributed by atoms with Gasteiger partial charge in [-0.15, -0.1) is 0 Å². The van der Waals surface area contributed by atoms with Gasteiger partial charge in [0.05, 0.1) is 20.8 Å². The Bertz CT molecular complexity index is 1110. The van der Waals surface area contributed by atoms with E-state index in [1.54, 1.807) is 42.7 Å². The molecular formula is C23H22N4O5. The predicted molar refractivity (Wildman–Crippen MR) is 119 cm³/mol. The number of nitrogens with one attached hydrogen (secondary N) is 2. The third-order valence-corrected chi connectivity index (χ3v) is 4.62. The lowest BCUT2D eigenvalue weighted by molar-refractivity contribution is 0.0976. The summed E-state index contributed by atoms with van der Waals surface area (Å²) in [6.07, 6.45) is 3.41. The first kappa shape index (κ1) is 21.0. The van der Waals surface area contributed by atoms with Gasteiger partial charge in [-0.2, -0.15) is 0 Å². The largest absolute Gasteiger partial charge is 0.497 e. The van der Waals surface area contributed by atoms with Crippen LogP contribution in [0.25, 0.3) is 0 Å². The molecule has 0 saturated heterocycles. The predicted octanol–water partition coefficient (Wildman–Crippen LogP) is 3.23. The minimum atomic E-state index is -0.375. The summed E-state index contributed by atoms with van der Waals surface area (Å²) in [5.74, 6) is 2.18. The number of pyridine rings is 1. The van der Waals surface area contributed by atoms with Crippen LogP contribution in [0.5, 0.6) is 23.0 Å². The maximum absolute atomic E-state index is 13.0. The Balaban J connectivity index is 1.58. The average molecular weight is 434 g/mol. The van der Waals surface area contributed by atoms with E-state index in [1.165, 1.54) is 14.2 Å². The van der Waals surface area contributed by atoms with Crippen LogP contribution in [0.4, 0.5) is 5.69 Å². The Labute approximate surface area is 185 Å². The highest BCUT2D eigenvalue weighted by Gasteiger charge is 2.16. The number of amides is 1. The number of anilines is 1. The molecular weight excluding hydrogens is 412 g/mol. The van der Waals surface area contributed by atoms with Crippen LogP contribution in [0.3, 0.4) is 0 Å². The number of rotatable bonds is 6. The molecule has 9 nitrogen and oxygen atoms in total. The van der Waals surface area contributed by atoms with Gasteiger partial charge in [-0.25, -0.2) is 4.99 Å². The van der Waals surface area contributed by atoms with Gasteiger partial charge < -0.3 is 24.3 Å². The lowest BCUT2D eigenvalue weighted by atomic mass is 10.2. The van der Waals surface area contributed by atoms with E-state index in [-0.39, 0.29) is 18.7 Å². The van der Waals surface area contributed by atoms with E-state index in [2.05, 4.69) is 20.6 Å². The number of ether oxygens (including phenoxy) is 4. The van der Waals surface area contributed by atoms with E-state index in [4.69, 9.17) is 18.9 Å². The highest BCUT2D eigenvalue weighted by atomic mass is 16.7. The molecule has 0 atom stereocenters. The van der Waals surface area contributed by atoms with Crippen molar-refractivity contribution < 1.29 is 23.7 Å². The Kier molecular flexibility index (Phi) is 6.35. The van der Waals surface area contributed by atoms with Crippen LogP contribution < -0.4 is 29.6 Å². The summed E-state index contributed by atoms with van der Waals surface area (Å²) in [4.78, 5) is 21.6. The van der Waals surface area contributed by atoms with Crippen molar-refractivity contribution >= 4 is 17.6 Å². The second-order valence-electron chi connectivity index (χ2n) is 6.77. The fourth-order valence-corrected chi connectivity index (χ4v) is 3.00. The Hall–Kier alpha value is -4.27. The molecule has 0 unspecified atom stereocenters. The zero-order chi connectivity index (χ0) is 22.3. The quantitative estimate of drug-likeness (QED) is 0.454. The number of nitrogens with zero attached hydrogens (tertiary/aromatic N) is 2. The second-order valence-corrected chi connectivity index (χ2v) is 6.77. The fraction of sp³-hybridized carbons (Fsp3) is 0.174. The topological polar surface area (TPSA) is 103 Å². The van der Waals surface area contributed by atoms with Gasteiger partial charge in [0, 0.05) is 35.8 Å². The van der Waals surface area contributed by atoms with Gasteiger partial charge in [0.15, 0.2) is 11.5 Å². The van der Waals surface area contributed by atoms with Crippen molar-refractivity contribution in [2.45, 2.75) is 6.54 Å². The van der Waals surface area contributed by atoms with Crippen LogP contribution in [0.2, 0.25) is 0 Å². The number of fused-ring (bicyclic) bond motifs is 1. The summed E-state index contributed by atoms with van der Waals surface area (Å²) in [5.41, 5.74) is 1.94. The molecule has 164 valence electrons. The van der Waals surface area contributed by atoms with Gasteiger partial charge >= 0.3 is 0 Å². The third kappa shape index (κ3) is 5.07. The van der Waals surface area contributed by atoms with Crippen LogP contribution in [0.1, 0.15) is 15.9 Å². The summed E-state index contributed by atoms with van der Waals surface area (Å²) in [6, 6.07) is 14.1. The van der Waals surface area contributed by atoms with Gasteiger partial charge in [-0.3, -0.25) is 15.1 Å². The van der Waals surface area contributed by atoms with Gasteiger partial charge in [0.2, 0.25) is 12.8 Å². The van der Waals surface area contributed by atoms with E-state index < -0.39 is 0 Å². The molecule has 0 radical (unpaired) electrons. The maximum atomic E-state index is 13.0. The molecule has 1 aliphatic rings. The molecule has 3 aromatic rings. The number of aliphatic imine (C=N–C) groups is 1. The summed E-state index contributed by atoms with van der Waals surface area (Å²) in [6.45, 7) is 0.498. The second kappa shape index (κ2) is 9.69. The fourth-order valence-electron chi connectivity index (χ4n) is 3.00. The van der Waals surface area contributed by atoms with Gasteiger partial charge in [0.25, 0.3) is 5.91 Å². The number of hydrogen-bond acceptors (Lipinski definition) is 7. The van der Waals surface area contributed by atoms with Gasteiger partial charge in [0.1, 0.15) is 11.5 Å². The molecule has 4 rings (SSSR count). The van der Waals surface area contributed by atoms with E-state index >= 15 is 0 Å². The zero-order valence-corrected chi connectivity index (χ0v) is 17.6. The number of benzene rings is 2. The van der Waals surface area contributed by atoms with Gasteiger partial charge in [-0.05, 0) is 35.9 Å². The van der Waals surface area contributed by atoms with Crippen molar-refractivity contribution in [3.05, 3.63) is 72.1 Å². The Morgan fingerprint density at radius 3 is 2.56 bits per heavy atom. The number of hydrogen-bond donors (Lipinski definition) is 2. The normalized spacial score (nSPS) is 12.2. The molecule has 2 heterocycles. The summed E-state index contributed by atoms with van der Waals surface area (Å²) in [5, 5.41) is 5.96. The molecule has 2 aromatic carbocycles. The highest BCUT2D eigenvalue weighted by Crippen LogP contribution is 2.34. The molecule has 9 heteroatoms. The van der Waals surface area contributed by atoms with Crippen LogP contribution in [0.15, 0.2) is 65.9 Å². The van der Waals surface area contributed by atoms with Crippen molar-refractivity contribution in [1.29, 1.82) is 0 Å². The number of carbonyl (C=O) groups excluding carboxylic acids is 1. The molecule has 1 amide bonds. The molecule has 2 N–H and O–H groups in total. The minimum absolute atomic E-state index is 0.176. The van der Waals surface area contributed by atoms with Crippen LogP contribution >= 0.6 is 0 Å². The molecule has 0 fully saturated rings. The lowest BCUT2D eigenvalue weighted by Gasteiger charge is -2.13. The Morgan fingerprint density at radius 2 is 1.84 bits per heavy atom. The standard InChI is InChI=1S/C23H22N4O5/c1-29-18-8-16(9-19(11-18)30-2)22(28)27-23(25-13-15-4-3-7-24-12-15)26-17-5-6-20-21(10-17)32-14-31-20/h3-12H,13-14H2,1-2H3,(H2,25,26,27,28). The highest BCUT2D eigenvalue weighted by molar-refractivity contribution is 6.10. The first-order chi connectivity index (χ1) is 15.6. The summed E-state index contributed by atoms with van der Waals surface area (Å²) >= 11 is 0. The minimum Gasteiger partial charge on any atom is -0.497 e. The number of aromatic nitrogens is 1. The van der Waals surface area contributed by atoms with Crippen molar-refractivity contribution in [1.82, 2.24) is 10.3 Å². The average Bonchev–Trinajstić information content (AvgIpc) is 3.30. The summed E-state index contributed by atoms with van der Waals surface area (Å²) in [7, 11) is 3.05. The van der Waals surface area contributed by atoms with E-state index in [9.17, 15) is 4.79 Å². The molecule has 1 aromatic heterocycles. The van der Waals surface area contributed by atoms with Gasteiger partial charge in [-0.1, -0.05) is 6.07 Å². The molecule has 1 aliphatic heterocycles. The zero-order valence-electron chi connectivity index (χ0n) is 17.6. The smallest absolute Gasteiger partial charge is 0.258 e. The van der Waals surface area contributed by atoms with Crippen molar-refractivity contribution in [3.63, 3.8) is 0 Å². The molecule has 0 spiro atoms. The summed E-state index contributed by atoms with van der Waals surface area (Å²) < 4.78 is 21.3. The number of carbonyl (C=O) groups is 1.